The molecule has 0 aromatic heterocycles. The first-order valence-corrected chi connectivity index (χ1v) is 4.92. The number of ketones is 2. The second kappa shape index (κ2) is 5.22. The largest absolute Gasteiger partial charge is 0.461 e. The molecule has 0 aliphatic carbocycles. The number of carbonyl (C=O) groups excluding carboxylic acids is 2. The third-order valence-electron chi connectivity index (χ3n) is 2.21. The van der Waals surface area contributed by atoms with Crippen molar-refractivity contribution in [3.05, 3.63) is 35.4 Å². The standard InChI is InChI=1S/C11H5F7O2/c12-6-1-5(2-7(13)3-6)8(19)4-9(20)10(14,15)11(16,17)18/h1-3H,4H2. The van der Waals surface area contributed by atoms with Gasteiger partial charge in [-0.3, -0.25) is 9.59 Å². The first-order valence-electron chi connectivity index (χ1n) is 4.92. The zero-order valence-corrected chi connectivity index (χ0v) is 9.40. The monoisotopic (exact) mass is 302 g/mol. The molecule has 0 aliphatic rings. The van der Waals surface area contributed by atoms with E-state index in [0.717, 1.165) is 0 Å². The lowest BCUT2D eigenvalue weighted by Crippen LogP contribution is -2.44. The molecule has 110 valence electrons. The Morgan fingerprint density at radius 1 is 0.900 bits per heavy atom. The van der Waals surface area contributed by atoms with Crippen LogP contribution in [0, 0.1) is 11.6 Å². The Labute approximate surface area is 107 Å². The number of hydrogen-bond acceptors (Lipinski definition) is 2. The number of rotatable bonds is 4. The summed E-state index contributed by atoms with van der Waals surface area (Å²) >= 11 is 0. The Kier molecular flexibility index (Phi) is 4.21. The maximum Gasteiger partial charge on any atom is 0.461 e. The van der Waals surface area contributed by atoms with Gasteiger partial charge in [-0.1, -0.05) is 0 Å². The van der Waals surface area contributed by atoms with E-state index in [-0.39, 0.29) is 0 Å². The van der Waals surface area contributed by atoms with Crippen molar-refractivity contribution in [2.45, 2.75) is 18.5 Å². The van der Waals surface area contributed by atoms with Crippen molar-refractivity contribution in [2.24, 2.45) is 0 Å². The van der Waals surface area contributed by atoms with Gasteiger partial charge in [0.15, 0.2) is 5.78 Å². The highest BCUT2D eigenvalue weighted by molar-refractivity contribution is 6.10. The highest BCUT2D eigenvalue weighted by Gasteiger charge is 2.62. The van der Waals surface area contributed by atoms with E-state index < -0.39 is 47.3 Å². The summed E-state index contributed by atoms with van der Waals surface area (Å²) in [5, 5.41) is 0. The molecule has 0 heterocycles. The number of halogens is 7. The molecule has 0 saturated heterocycles. The van der Waals surface area contributed by atoms with Crippen LogP contribution < -0.4 is 0 Å². The van der Waals surface area contributed by atoms with Crippen molar-refractivity contribution >= 4 is 11.6 Å². The summed E-state index contributed by atoms with van der Waals surface area (Å²) in [5.74, 6) is -12.4. The summed E-state index contributed by atoms with van der Waals surface area (Å²) in [6.45, 7) is 0. The Balaban J connectivity index is 2.94. The van der Waals surface area contributed by atoms with E-state index in [9.17, 15) is 40.3 Å². The molecule has 0 atom stereocenters. The second-order valence-corrected chi connectivity index (χ2v) is 3.75. The van der Waals surface area contributed by atoms with Gasteiger partial charge in [-0.15, -0.1) is 0 Å². The molecule has 2 nitrogen and oxygen atoms in total. The van der Waals surface area contributed by atoms with Gasteiger partial charge in [0.25, 0.3) is 0 Å². The predicted molar refractivity (Wildman–Crippen MR) is 51.3 cm³/mol. The summed E-state index contributed by atoms with van der Waals surface area (Å²) in [7, 11) is 0. The van der Waals surface area contributed by atoms with Crippen LogP contribution in [0.25, 0.3) is 0 Å². The molecule has 0 unspecified atom stereocenters. The summed E-state index contributed by atoms with van der Waals surface area (Å²) < 4.78 is 86.2. The minimum Gasteiger partial charge on any atom is -0.294 e. The van der Waals surface area contributed by atoms with E-state index in [1.165, 1.54) is 0 Å². The summed E-state index contributed by atoms with van der Waals surface area (Å²) in [5.41, 5.74) is -0.811. The molecule has 0 fully saturated rings. The zero-order chi connectivity index (χ0) is 15.7. The van der Waals surface area contributed by atoms with Gasteiger partial charge < -0.3 is 0 Å². The summed E-state index contributed by atoms with van der Waals surface area (Å²) in [6.07, 6.45) is -7.97. The number of alkyl halides is 5. The number of hydrogen-bond donors (Lipinski definition) is 0. The van der Waals surface area contributed by atoms with Gasteiger partial charge in [-0.25, -0.2) is 8.78 Å². The van der Waals surface area contributed by atoms with Crippen molar-refractivity contribution < 1.29 is 40.3 Å². The SMILES string of the molecule is O=C(CC(=O)C(F)(F)C(F)(F)F)c1cc(F)cc(F)c1. The summed E-state index contributed by atoms with van der Waals surface area (Å²) in [4.78, 5) is 22.1. The quantitative estimate of drug-likeness (QED) is 0.486. The fraction of sp³-hybridized carbons (Fsp3) is 0.273. The van der Waals surface area contributed by atoms with Crippen molar-refractivity contribution in [1.29, 1.82) is 0 Å². The van der Waals surface area contributed by atoms with Crippen molar-refractivity contribution in [1.82, 2.24) is 0 Å². The first-order chi connectivity index (χ1) is 8.95. The van der Waals surface area contributed by atoms with Crippen LogP contribution in [0.1, 0.15) is 16.8 Å². The summed E-state index contributed by atoms with van der Waals surface area (Å²) in [6, 6.07) is 1.21. The van der Waals surface area contributed by atoms with Crippen molar-refractivity contribution in [2.75, 3.05) is 0 Å². The van der Waals surface area contributed by atoms with Gasteiger partial charge in [0.1, 0.15) is 11.6 Å². The third kappa shape index (κ3) is 3.34. The van der Waals surface area contributed by atoms with E-state index in [0.29, 0.717) is 18.2 Å². The molecule has 20 heavy (non-hydrogen) atoms. The van der Waals surface area contributed by atoms with Gasteiger partial charge in [0, 0.05) is 11.6 Å². The third-order valence-corrected chi connectivity index (χ3v) is 2.21. The van der Waals surface area contributed by atoms with Crippen LogP contribution >= 0.6 is 0 Å². The maximum absolute atomic E-state index is 12.7. The van der Waals surface area contributed by atoms with Crippen molar-refractivity contribution in [3.63, 3.8) is 0 Å². The van der Waals surface area contributed by atoms with Gasteiger partial charge in [0.05, 0.1) is 6.42 Å². The lowest BCUT2D eigenvalue weighted by Gasteiger charge is -2.17. The molecule has 0 N–H and O–H groups in total. The topological polar surface area (TPSA) is 34.1 Å². The zero-order valence-electron chi connectivity index (χ0n) is 9.40. The minimum atomic E-state index is -6.14. The van der Waals surface area contributed by atoms with E-state index in [4.69, 9.17) is 0 Å². The highest BCUT2D eigenvalue weighted by atomic mass is 19.4. The molecule has 9 heteroatoms. The molecule has 0 radical (unpaired) electrons. The maximum atomic E-state index is 12.7. The first kappa shape index (κ1) is 16.1. The molecule has 1 rings (SSSR count). The van der Waals surface area contributed by atoms with Gasteiger partial charge >= 0.3 is 12.1 Å². The fourth-order valence-corrected chi connectivity index (χ4v) is 1.23. The molecule has 1 aromatic carbocycles. The fourth-order valence-electron chi connectivity index (χ4n) is 1.23. The molecule has 0 spiro atoms. The second-order valence-electron chi connectivity index (χ2n) is 3.75. The molecule has 0 aliphatic heterocycles. The van der Waals surface area contributed by atoms with Gasteiger partial charge in [-0.05, 0) is 12.1 Å². The van der Waals surface area contributed by atoms with E-state index >= 15 is 0 Å². The van der Waals surface area contributed by atoms with Gasteiger partial charge in [-0.2, -0.15) is 22.0 Å². The number of Topliss-reactive ketones (excluding diaryl/α,β-unsaturated/α-hetero) is 2. The normalized spacial score (nSPS) is 12.3. The van der Waals surface area contributed by atoms with Crippen LogP contribution in [0.5, 0.6) is 0 Å². The molecule has 0 amide bonds. The van der Waals surface area contributed by atoms with E-state index in [1.807, 2.05) is 0 Å². The van der Waals surface area contributed by atoms with Crippen LogP contribution in [0.4, 0.5) is 30.7 Å². The van der Waals surface area contributed by atoms with Crippen LogP contribution in [-0.2, 0) is 4.79 Å². The molecular formula is C11H5F7O2. The average molecular weight is 302 g/mol. The number of benzene rings is 1. The predicted octanol–water partition coefficient (Wildman–Crippen LogP) is 3.30. The lowest BCUT2D eigenvalue weighted by molar-refractivity contribution is -0.268. The molecule has 0 saturated carbocycles. The highest BCUT2D eigenvalue weighted by Crippen LogP contribution is 2.37. The Hall–Kier alpha value is -1.93. The van der Waals surface area contributed by atoms with Gasteiger partial charge in [0.2, 0.25) is 5.78 Å². The number of carbonyl (C=O) groups is 2. The molecular weight excluding hydrogens is 297 g/mol. The smallest absolute Gasteiger partial charge is 0.294 e. The Morgan fingerprint density at radius 2 is 1.35 bits per heavy atom. The van der Waals surface area contributed by atoms with Crippen LogP contribution in [0.15, 0.2) is 18.2 Å². The molecule has 1 aromatic rings. The van der Waals surface area contributed by atoms with E-state index in [2.05, 4.69) is 0 Å². The van der Waals surface area contributed by atoms with Crippen LogP contribution in [0.2, 0.25) is 0 Å². The van der Waals surface area contributed by atoms with E-state index in [1.54, 1.807) is 0 Å². The molecule has 0 bridgehead atoms. The van der Waals surface area contributed by atoms with Crippen LogP contribution in [-0.4, -0.2) is 23.7 Å². The van der Waals surface area contributed by atoms with Crippen LogP contribution in [0.3, 0.4) is 0 Å². The minimum absolute atomic E-state index is 0.364. The lowest BCUT2D eigenvalue weighted by atomic mass is 10.0. The Bertz CT molecular complexity index is 528. The Morgan fingerprint density at radius 3 is 1.75 bits per heavy atom. The van der Waals surface area contributed by atoms with Crippen molar-refractivity contribution in [3.8, 4) is 0 Å². The average Bonchev–Trinajstić information content (AvgIpc) is 2.25.